The summed E-state index contributed by atoms with van der Waals surface area (Å²) in [7, 11) is -2.14. The van der Waals surface area contributed by atoms with Gasteiger partial charge in [0.1, 0.15) is 12.3 Å². The fourth-order valence-corrected chi connectivity index (χ4v) is 4.55. The Bertz CT molecular complexity index is 1380. The van der Waals surface area contributed by atoms with E-state index in [0.717, 1.165) is 4.57 Å². The molecule has 0 saturated carbocycles. The second-order valence-electron chi connectivity index (χ2n) is 11.0. The van der Waals surface area contributed by atoms with Gasteiger partial charge in [-0.25, -0.2) is 4.79 Å². The van der Waals surface area contributed by atoms with E-state index < -0.39 is 57.0 Å². The minimum Gasteiger partial charge on any atom is -0.414 e. The zero-order chi connectivity index (χ0) is 30.6. The number of carbonyl (C=O) groups is 2. The van der Waals surface area contributed by atoms with Crippen molar-refractivity contribution < 1.29 is 37.0 Å². The summed E-state index contributed by atoms with van der Waals surface area (Å²) in [4.78, 5) is 40.7. The van der Waals surface area contributed by atoms with Crippen LogP contribution in [0, 0.1) is 11.8 Å². The van der Waals surface area contributed by atoms with Gasteiger partial charge in [0, 0.05) is 18.2 Å². The highest BCUT2D eigenvalue weighted by atomic mass is 28.4. The van der Waals surface area contributed by atoms with Gasteiger partial charge in [0.25, 0.3) is 5.91 Å². The summed E-state index contributed by atoms with van der Waals surface area (Å²) >= 11 is 0. The first-order valence-electron chi connectivity index (χ1n) is 12.8. The maximum Gasteiger partial charge on any atom is 0.471 e. The van der Waals surface area contributed by atoms with Crippen molar-refractivity contribution in [2.75, 3.05) is 18.5 Å². The molecule has 14 heteroatoms. The number of anilines is 1. The molecule has 3 atom stereocenters. The average Bonchev–Trinajstić information content (AvgIpc) is 3.25. The van der Waals surface area contributed by atoms with Gasteiger partial charge in [-0.2, -0.15) is 18.2 Å². The van der Waals surface area contributed by atoms with Gasteiger partial charge in [-0.05, 0) is 30.3 Å². The van der Waals surface area contributed by atoms with E-state index in [1.807, 2.05) is 0 Å². The Morgan fingerprint density at radius 3 is 2.49 bits per heavy atom. The summed E-state index contributed by atoms with van der Waals surface area (Å²) in [6.07, 6.45) is -6.40. The van der Waals surface area contributed by atoms with Crippen LogP contribution in [0.2, 0.25) is 18.1 Å². The number of rotatable bonds is 7. The Kier molecular flexibility index (Phi) is 9.80. The largest absolute Gasteiger partial charge is 0.471 e. The molecule has 3 N–H and O–H groups in total. The molecule has 1 fully saturated rings. The Balaban J connectivity index is 1.86. The molecule has 1 aromatic carbocycles. The van der Waals surface area contributed by atoms with Crippen LogP contribution in [0.4, 0.5) is 19.0 Å². The molecule has 2 aromatic rings. The summed E-state index contributed by atoms with van der Waals surface area (Å²) in [6, 6.07) is 8.06. The molecule has 3 rings (SSSR count). The number of aliphatic hydroxyl groups excluding tert-OH is 1. The Hall–Kier alpha value is -3.51. The summed E-state index contributed by atoms with van der Waals surface area (Å²) in [5, 5.41) is 14.7. The van der Waals surface area contributed by atoms with Gasteiger partial charge in [-0.3, -0.25) is 14.2 Å². The molecule has 0 spiro atoms. The van der Waals surface area contributed by atoms with Crippen molar-refractivity contribution in [1.29, 1.82) is 0 Å². The van der Waals surface area contributed by atoms with Crippen molar-refractivity contribution in [2.24, 2.45) is 0 Å². The summed E-state index contributed by atoms with van der Waals surface area (Å²) < 4.78 is 50.6. The number of aliphatic hydroxyl groups is 1. The van der Waals surface area contributed by atoms with Crippen LogP contribution in [0.5, 0.6) is 0 Å². The molecule has 2 amide bonds. The lowest BCUT2D eigenvalue weighted by Gasteiger charge is -2.37. The predicted molar refractivity (Wildman–Crippen MR) is 147 cm³/mol. The maximum atomic E-state index is 13.0. The summed E-state index contributed by atoms with van der Waals surface area (Å²) in [5.41, 5.74) is -0.566. The molecule has 0 aliphatic carbocycles. The third kappa shape index (κ3) is 8.26. The van der Waals surface area contributed by atoms with Gasteiger partial charge in [0.05, 0.1) is 24.8 Å². The van der Waals surface area contributed by atoms with Crippen LogP contribution in [0.15, 0.2) is 41.3 Å². The molecule has 222 valence electrons. The monoisotopic (exact) mass is 594 g/mol. The molecule has 10 nitrogen and oxygen atoms in total. The van der Waals surface area contributed by atoms with E-state index in [4.69, 9.17) is 9.16 Å². The van der Waals surface area contributed by atoms with Gasteiger partial charge in [-0.15, -0.1) is 0 Å². The van der Waals surface area contributed by atoms with Crippen LogP contribution in [-0.4, -0.2) is 66.3 Å². The lowest BCUT2D eigenvalue weighted by molar-refractivity contribution is -0.173. The normalized spacial score (nSPS) is 19.3. The standard InChI is InChI=1S/C27H33F3N4O6Si/c1-26(2,3)41(4,5)39-16-20-19(35)14-21(40-20)34-15-18(12-9-13-31-24(37)27(28,29)30)22(33-25(34)38)32-23(36)17-10-7-6-8-11-17/h6-8,10-11,15,19-21,35H,13-14,16H2,1-5H3,(H,31,37)(H,32,33,36,38)/t19-,20+,21+/m0/s1. The van der Waals surface area contributed by atoms with E-state index >= 15 is 0 Å². The molecule has 2 heterocycles. The molecular weight excluding hydrogens is 561 g/mol. The van der Waals surface area contributed by atoms with Crippen molar-refractivity contribution in [2.45, 2.75) is 69.9 Å². The first kappa shape index (κ1) is 32.0. The van der Waals surface area contributed by atoms with Gasteiger partial charge < -0.3 is 24.9 Å². The van der Waals surface area contributed by atoms with Crippen LogP contribution < -0.4 is 16.3 Å². The Morgan fingerprint density at radius 2 is 1.88 bits per heavy atom. The number of halogens is 3. The molecule has 41 heavy (non-hydrogen) atoms. The number of nitrogens with one attached hydrogen (secondary N) is 2. The van der Waals surface area contributed by atoms with Gasteiger partial charge >= 0.3 is 17.8 Å². The zero-order valence-corrected chi connectivity index (χ0v) is 24.3. The fraction of sp³-hybridized carbons (Fsp3) is 0.481. The highest BCUT2D eigenvalue weighted by molar-refractivity contribution is 6.74. The number of amides is 2. The first-order chi connectivity index (χ1) is 19.0. The minimum absolute atomic E-state index is 0.0193. The first-order valence-corrected chi connectivity index (χ1v) is 15.7. The van der Waals surface area contributed by atoms with Gasteiger partial charge in [-0.1, -0.05) is 50.8 Å². The molecular formula is C27H33F3N4O6Si. The van der Waals surface area contributed by atoms with Crippen molar-refractivity contribution in [1.82, 2.24) is 14.9 Å². The van der Waals surface area contributed by atoms with E-state index in [1.165, 1.54) is 18.3 Å². The fourth-order valence-electron chi connectivity index (χ4n) is 3.54. The summed E-state index contributed by atoms with van der Waals surface area (Å²) in [5.74, 6) is 1.93. The lowest BCUT2D eigenvalue weighted by atomic mass is 10.2. The van der Waals surface area contributed by atoms with E-state index in [1.54, 1.807) is 23.5 Å². The number of aromatic nitrogens is 2. The zero-order valence-electron chi connectivity index (χ0n) is 23.3. The molecule has 1 aliphatic rings. The van der Waals surface area contributed by atoms with Crippen molar-refractivity contribution >= 4 is 25.9 Å². The quantitative estimate of drug-likeness (QED) is 0.331. The van der Waals surface area contributed by atoms with Crippen LogP contribution in [0.3, 0.4) is 0 Å². The second kappa shape index (κ2) is 12.6. The number of hydrogen-bond acceptors (Lipinski definition) is 7. The smallest absolute Gasteiger partial charge is 0.414 e. The number of alkyl halides is 3. The third-order valence-corrected chi connectivity index (χ3v) is 11.5. The predicted octanol–water partition coefficient (Wildman–Crippen LogP) is 3.20. The molecule has 0 unspecified atom stereocenters. The van der Waals surface area contributed by atoms with E-state index in [2.05, 4.69) is 56.0 Å². The highest BCUT2D eigenvalue weighted by Crippen LogP contribution is 2.37. The highest BCUT2D eigenvalue weighted by Gasteiger charge is 2.41. The van der Waals surface area contributed by atoms with Gasteiger partial charge in [0.2, 0.25) is 0 Å². The molecule has 1 saturated heterocycles. The molecule has 1 aliphatic heterocycles. The van der Waals surface area contributed by atoms with Crippen molar-refractivity contribution in [3.63, 3.8) is 0 Å². The Labute approximate surface area is 236 Å². The average molecular weight is 595 g/mol. The lowest BCUT2D eigenvalue weighted by Crippen LogP contribution is -2.43. The number of hydrogen-bond donors (Lipinski definition) is 3. The van der Waals surface area contributed by atoms with E-state index in [9.17, 15) is 32.7 Å². The van der Waals surface area contributed by atoms with Crippen molar-refractivity contribution in [3.05, 3.63) is 58.1 Å². The second-order valence-corrected chi connectivity index (χ2v) is 15.8. The SMILES string of the molecule is CC(C)(C)[Si](C)(C)OC[C@H]1O[C@@H](n2cc(C#CCNC(=O)C(F)(F)F)c(NC(=O)c3ccccc3)nc2=O)C[C@@H]1O. The Morgan fingerprint density at radius 1 is 1.22 bits per heavy atom. The topological polar surface area (TPSA) is 132 Å². The van der Waals surface area contributed by atoms with E-state index in [0.29, 0.717) is 0 Å². The molecule has 0 radical (unpaired) electrons. The number of nitrogens with zero attached hydrogens (tertiary/aromatic N) is 2. The molecule has 0 bridgehead atoms. The minimum atomic E-state index is -5.07. The number of carbonyl (C=O) groups excluding carboxylic acids is 2. The van der Waals surface area contributed by atoms with Crippen LogP contribution >= 0.6 is 0 Å². The van der Waals surface area contributed by atoms with Crippen molar-refractivity contribution in [3.8, 4) is 11.8 Å². The number of ether oxygens (including phenoxy) is 1. The van der Waals surface area contributed by atoms with E-state index in [-0.39, 0.29) is 35.0 Å². The number of benzene rings is 1. The summed E-state index contributed by atoms with van der Waals surface area (Å²) in [6.45, 7) is 9.81. The third-order valence-electron chi connectivity index (χ3n) is 6.97. The van der Waals surface area contributed by atoms with Gasteiger partial charge in [0.15, 0.2) is 14.1 Å². The van der Waals surface area contributed by atoms with Crippen LogP contribution in [-0.2, 0) is 14.0 Å². The molecule has 1 aromatic heterocycles. The maximum absolute atomic E-state index is 13.0. The van der Waals surface area contributed by atoms with Crippen LogP contribution in [0.25, 0.3) is 0 Å². The van der Waals surface area contributed by atoms with Crippen LogP contribution in [0.1, 0.15) is 49.3 Å².